The Bertz CT molecular complexity index is 616. The Hall–Kier alpha value is -1.75. The molecule has 150 valence electrons. The van der Waals surface area contributed by atoms with Gasteiger partial charge < -0.3 is 19.1 Å². The van der Waals surface area contributed by atoms with Crippen LogP contribution in [0.5, 0.6) is 11.5 Å². The van der Waals surface area contributed by atoms with Crippen LogP contribution in [0.25, 0.3) is 0 Å². The summed E-state index contributed by atoms with van der Waals surface area (Å²) in [5.74, 6) is 1.49. The van der Waals surface area contributed by atoms with E-state index in [4.69, 9.17) is 14.2 Å². The van der Waals surface area contributed by atoms with Crippen molar-refractivity contribution in [2.75, 3.05) is 33.4 Å². The van der Waals surface area contributed by atoms with Gasteiger partial charge >= 0.3 is 5.97 Å². The second kappa shape index (κ2) is 9.98. The number of carbonyl (C=O) groups is 1. The first-order valence-corrected chi connectivity index (χ1v) is 10.6. The third kappa shape index (κ3) is 5.16. The normalized spacial score (nSPS) is 24.7. The number of benzene rings is 1. The number of quaternary nitrogens is 1. The molecule has 2 heterocycles. The van der Waals surface area contributed by atoms with Crippen molar-refractivity contribution in [3.05, 3.63) is 23.8 Å². The Morgan fingerprint density at radius 3 is 2.81 bits per heavy atom. The van der Waals surface area contributed by atoms with Crippen molar-refractivity contribution >= 4 is 5.97 Å². The molecule has 0 spiro atoms. The molecule has 1 aromatic carbocycles. The van der Waals surface area contributed by atoms with Crippen LogP contribution in [-0.4, -0.2) is 45.4 Å². The van der Waals surface area contributed by atoms with Crippen LogP contribution in [0.2, 0.25) is 0 Å². The third-order valence-electron chi connectivity index (χ3n) is 6.01. The predicted molar refractivity (Wildman–Crippen MR) is 105 cm³/mol. The van der Waals surface area contributed by atoms with E-state index in [2.05, 4.69) is 6.92 Å². The third-order valence-corrected chi connectivity index (χ3v) is 6.01. The molecule has 0 bridgehead atoms. The fourth-order valence-electron chi connectivity index (χ4n) is 4.48. The van der Waals surface area contributed by atoms with E-state index in [-0.39, 0.29) is 5.97 Å². The van der Waals surface area contributed by atoms with E-state index in [1.165, 1.54) is 45.2 Å². The van der Waals surface area contributed by atoms with Crippen molar-refractivity contribution in [2.24, 2.45) is 5.92 Å². The Labute approximate surface area is 163 Å². The Morgan fingerprint density at radius 2 is 2.00 bits per heavy atom. The molecular weight excluding hydrogens is 342 g/mol. The number of carbonyl (C=O) groups excluding carboxylic acids is 1. The minimum absolute atomic E-state index is 0.267. The molecule has 3 atom stereocenters. The van der Waals surface area contributed by atoms with Gasteiger partial charge in [-0.1, -0.05) is 13.3 Å². The number of ether oxygens (including phenoxy) is 3. The summed E-state index contributed by atoms with van der Waals surface area (Å²) in [6, 6.07) is 5.97. The van der Waals surface area contributed by atoms with Gasteiger partial charge in [0.2, 0.25) is 0 Å². The Balaban J connectivity index is 1.57. The molecule has 0 aliphatic carbocycles. The van der Waals surface area contributed by atoms with E-state index < -0.39 is 0 Å². The van der Waals surface area contributed by atoms with Gasteiger partial charge in [-0.15, -0.1) is 0 Å². The van der Waals surface area contributed by atoms with Crippen LogP contribution in [0, 0.1) is 5.92 Å². The van der Waals surface area contributed by atoms with E-state index in [9.17, 15) is 4.79 Å². The number of unbranched alkanes of at least 4 members (excludes halogenated alkanes) is 1. The van der Waals surface area contributed by atoms with E-state index in [1.807, 2.05) is 0 Å². The summed E-state index contributed by atoms with van der Waals surface area (Å²) >= 11 is 0. The second-order valence-electron chi connectivity index (χ2n) is 7.83. The fourth-order valence-corrected chi connectivity index (χ4v) is 4.48. The molecule has 2 aliphatic heterocycles. The quantitative estimate of drug-likeness (QED) is 0.560. The average molecular weight is 377 g/mol. The van der Waals surface area contributed by atoms with E-state index in [0.29, 0.717) is 42.2 Å². The van der Waals surface area contributed by atoms with Gasteiger partial charge in [0.1, 0.15) is 6.61 Å². The summed E-state index contributed by atoms with van der Waals surface area (Å²) in [5.41, 5.74) is 0.526. The number of fused-ring (bicyclic) bond motifs is 1. The lowest BCUT2D eigenvalue weighted by molar-refractivity contribution is -0.940. The fraction of sp³-hybridized carbons (Fsp3) is 0.682. The predicted octanol–water partition coefficient (Wildman–Crippen LogP) is 2.88. The first-order valence-electron chi connectivity index (χ1n) is 10.6. The maximum absolute atomic E-state index is 12.6. The summed E-state index contributed by atoms with van der Waals surface area (Å²) in [4.78, 5) is 14.3. The van der Waals surface area contributed by atoms with E-state index >= 15 is 0 Å². The summed E-state index contributed by atoms with van der Waals surface area (Å²) in [7, 11) is 1.60. The standard InChI is InChI=1S/C22H33NO4/c1-3-4-14-26-20-11-10-17(15-21(20)25-2)22(24)27-16-18-8-7-13-23-12-6-5-9-19(18)23/h10-11,15,18-19H,3-9,12-14,16H2,1-2H3/p+1/t18-,19+/m1/s1. The average Bonchev–Trinajstić information content (AvgIpc) is 2.72. The molecule has 2 aliphatic rings. The zero-order valence-corrected chi connectivity index (χ0v) is 16.8. The van der Waals surface area contributed by atoms with Gasteiger partial charge in [0.05, 0.1) is 38.4 Å². The van der Waals surface area contributed by atoms with Gasteiger partial charge in [0.25, 0.3) is 0 Å². The number of nitrogens with one attached hydrogen (secondary N) is 1. The van der Waals surface area contributed by atoms with Crippen LogP contribution in [-0.2, 0) is 4.74 Å². The number of esters is 1. The molecule has 3 rings (SSSR count). The SMILES string of the molecule is CCCCOc1ccc(C(=O)OC[C@H]2CCC[NH+]3CCCC[C@@H]23)cc1OC. The minimum Gasteiger partial charge on any atom is -0.493 e. The van der Waals surface area contributed by atoms with Gasteiger partial charge in [-0.05, 0) is 56.7 Å². The van der Waals surface area contributed by atoms with E-state index in [1.54, 1.807) is 30.2 Å². The van der Waals surface area contributed by atoms with E-state index in [0.717, 1.165) is 12.8 Å². The molecular formula is C22H34NO4+. The summed E-state index contributed by atoms with van der Waals surface area (Å²) in [5, 5.41) is 0. The molecule has 5 heteroatoms. The van der Waals surface area contributed by atoms with Gasteiger partial charge in [0.15, 0.2) is 11.5 Å². The monoisotopic (exact) mass is 376 g/mol. The molecule has 1 N–H and O–H groups in total. The van der Waals surface area contributed by atoms with Crippen LogP contribution >= 0.6 is 0 Å². The van der Waals surface area contributed by atoms with Gasteiger partial charge in [-0.25, -0.2) is 4.79 Å². The number of piperidine rings is 2. The number of hydrogen-bond acceptors (Lipinski definition) is 4. The van der Waals surface area contributed by atoms with Gasteiger partial charge in [-0.2, -0.15) is 0 Å². The summed E-state index contributed by atoms with van der Waals surface area (Å²) < 4.78 is 16.8. The van der Waals surface area contributed by atoms with Crippen molar-refractivity contribution in [1.29, 1.82) is 0 Å². The van der Waals surface area contributed by atoms with Crippen molar-refractivity contribution in [2.45, 2.75) is 57.9 Å². The molecule has 0 amide bonds. The summed E-state index contributed by atoms with van der Waals surface area (Å²) in [6.45, 7) is 5.88. The maximum atomic E-state index is 12.6. The molecule has 2 fully saturated rings. The van der Waals surface area contributed by atoms with Crippen LogP contribution in [0.1, 0.15) is 62.2 Å². The zero-order valence-electron chi connectivity index (χ0n) is 16.8. The van der Waals surface area contributed by atoms with Crippen molar-refractivity contribution in [3.8, 4) is 11.5 Å². The molecule has 5 nitrogen and oxygen atoms in total. The number of rotatable bonds is 8. The molecule has 0 saturated carbocycles. The topological polar surface area (TPSA) is 49.2 Å². The highest BCUT2D eigenvalue weighted by Gasteiger charge is 2.37. The maximum Gasteiger partial charge on any atom is 0.338 e. The molecule has 0 radical (unpaired) electrons. The zero-order chi connectivity index (χ0) is 19.1. The lowest BCUT2D eigenvalue weighted by Crippen LogP contribution is -3.18. The highest BCUT2D eigenvalue weighted by Crippen LogP contribution is 2.29. The first kappa shape index (κ1) is 20.0. The van der Waals surface area contributed by atoms with Gasteiger partial charge in [-0.3, -0.25) is 0 Å². The molecule has 27 heavy (non-hydrogen) atoms. The lowest BCUT2D eigenvalue weighted by Gasteiger charge is -2.40. The minimum atomic E-state index is -0.267. The van der Waals surface area contributed by atoms with Crippen LogP contribution in [0.15, 0.2) is 18.2 Å². The molecule has 1 aromatic rings. The van der Waals surface area contributed by atoms with Crippen molar-refractivity contribution < 1.29 is 23.9 Å². The summed E-state index contributed by atoms with van der Waals surface area (Å²) in [6.07, 6.45) is 8.42. The first-order chi connectivity index (χ1) is 13.2. The van der Waals surface area contributed by atoms with Crippen molar-refractivity contribution in [1.82, 2.24) is 0 Å². The van der Waals surface area contributed by atoms with Crippen molar-refractivity contribution in [3.63, 3.8) is 0 Å². The molecule has 2 saturated heterocycles. The Kier molecular flexibility index (Phi) is 7.39. The largest absolute Gasteiger partial charge is 0.493 e. The molecule has 1 unspecified atom stereocenters. The Morgan fingerprint density at radius 1 is 1.15 bits per heavy atom. The smallest absolute Gasteiger partial charge is 0.338 e. The lowest BCUT2D eigenvalue weighted by atomic mass is 9.84. The van der Waals surface area contributed by atoms with Gasteiger partial charge in [0, 0.05) is 5.92 Å². The van der Waals surface area contributed by atoms with Crippen LogP contribution in [0.3, 0.4) is 0 Å². The second-order valence-corrected chi connectivity index (χ2v) is 7.83. The highest BCUT2D eigenvalue weighted by molar-refractivity contribution is 5.90. The highest BCUT2D eigenvalue weighted by atomic mass is 16.5. The number of methoxy groups -OCH3 is 1. The van der Waals surface area contributed by atoms with Crippen LogP contribution < -0.4 is 14.4 Å². The molecule has 0 aromatic heterocycles. The number of hydrogen-bond donors (Lipinski definition) is 1. The van der Waals surface area contributed by atoms with Crippen LogP contribution in [0.4, 0.5) is 0 Å².